The molecule has 0 aliphatic carbocycles. The van der Waals surface area contributed by atoms with Crippen molar-refractivity contribution in [3.8, 4) is 11.5 Å². The number of hydrogen-bond acceptors (Lipinski definition) is 2. The molecule has 1 N–H and O–H groups in total. The third kappa shape index (κ3) is 6.63. The van der Waals surface area contributed by atoms with E-state index in [1.807, 2.05) is 43.3 Å². The molecule has 3 aromatic carbocycles. The molecule has 130 valence electrons. The topological polar surface area (TPSA) is 29.5 Å². The maximum absolute atomic E-state index is 13.1. The first-order chi connectivity index (χ1) is 11.9. The summed E-state index contributed by atoms with van der Waals surface area (Å²) in [6.07, 6.45) is 0. The monoisotopic (exact) mass is 342 g/mol. The highest BCUT2D eigenvalue weighted by atomic mass is 19.1. The van der Waals surface area contributed by atoms with Crippen LogP contribution in [0.2, 0.25) is 0 Å². The predicted octanol–water partition coefficient (Wildman–Crippen LogP) is 5.55. The van der Waals surface area contributed by atoms with Crippen molar-refractivity contribution in [1.82, 2.24) is 0 Å². The first-order valence-corrected chi connectivity index (χ1v) is 7.82. The van der Waals surface area contributed by atoms with E-state index in [0.29, 0.717) is 12.4 Å². The molecule has 0 fully saturated rings. The maximum Gasteiger partial charge on any atom is 0.127 e. The van der Waals surface area contributed by atoms with Crippen LogP contribution in [0.3, 0.4) is 0 Å². The van der Waals surface area contributed by atoms with Crippen molar-refractivity contribution >= 4 is 0 Å². The van der Waals surface area contributed by atoms with E-state index in [1.165, 1.54) is 24.3 Å². The summed E-state index contributed by atoms with van der Waals surface area (Å²) in [6.45, 7) is 4.03. The second-order valence-corrected chi connectivity index (χ2v) is 5.73. The van der Waals surface area contributed by atoms with Crippen LogP contribution < -0.4 is 4.74 Å². The molecule has 0 spiro atoms. The summed E-state index contributed by atoms with van der Waals surface area (Å²) in [6, 6.07) is 18.5. The van der Waals surface area contributed by atoms with Gasteiger partial charge in [-0.25, -0.2) is 8.78 Å². The fourth-order valence-electron chi connectivity index (χ4n) is 2.24. The maximum atomic E-state index is 13.1. The van der Waals surface area contributed by atoms with Gasteiger partial charge >= 0.3 is 0 Å². The van der Waals surface area contributed by atoms with Crippen LogP contribution in [0, 0.1) is 25.5 Å². The van der Waals surface area contributed by atoms with Crippen molar-refractivity contribution in [1.29, 1.82) is 0 Å². The summed E-state index contributed by atoms with van der Waals surface area (Å²) < 4.78 is 30.9. The lowest BCUT2D eigenvalue weighted by Gasteiger charge is -2.07. The normalized spacial score (nSPS) is 9.92. The number of aromatic hydroxyl groups is 1. The molecule has 25 heavy (non-hydrogen) atoms. The Morgan fingerprint density at radius 1 is 0.800 bits per heavy atom. The standard InChI is InChI=1S/C14H13FO.C7H7FO/c1-11-7-13(15)9-14(8-11)16-10-12-5-3-2-4-6-12;1-5-2-6(8)4-7(9)3-5/h2-9H,10H2,1H3;2-4,9H,1H3. The smallest absolute Gasteiger partial charge is 0.127 e. The molecule has 0 atom stereocenters. The zero-order valence-electron chi connectivity index (χ0n) is 14.2. The minimum absolute atomic E-state index is 0.0208. The fourth-order valence-corrected chi connectivity index (χ4v) is 2.24. The third-order valence-corrected chi connectivity index (χ3v) is 3.29. The molecule has 0 aliphatic rings. The summed E-state index contributed by atoms with van der Waals surface area (Å²) >= 11 is 0. The van der Waals surface area contributed by atoms with Gasteiger partial charge in [0.1, 0.15) is 29.7 Å². The Hall–Kier alpha value is -2.88. The van der Waals surface area contributed by atoms with Crippen LogP contribution in [0.1, 0.15) is 16.7 Å². The van der Waals surface area contributed by atoms with E-state index < -0.39 is 5.82 Å². The van der Waals surface area contributed by atoms with E-state index in [2.05, 4.69) is 0 Å². The van der Waals surface area contributed by atoms with E-state index in [1.54, 1.807) is 6.92 Å². The van der Waals surface area contributed by atoms with E-state index in [4.69, 9.17) is 9.84 Å². The van der Waals surface area contributed by atoms with E-state index >= 15 is 0 Å². The number of hydrogen-bond donors (Lipinski definition) is 1. The van der Waals surface area contributed by atoms with Crippen LogP contribution in [-0.4, -0.2) is 5.11 Å². The lowest BCUT2D eigenvalue weighted by atomic mass is 10.2. The first kappa shape index (κ1) is 18.5. The van der Waals surface area contributed by atoms with Crippen LogP contribution in [0.5, 0.6) is 11.5 Å². The van der Waals surface area contributed by atoms with Gasteiger partial charge in [-0.3, -0.25) is 0 Å². The van der Waals surface area contributed by atoms with Crippen LogP contribution in [-0.2, 0) is 6.61 Å². The molecule has 0 radical (unpaired) electrons. The van der Waals surface area contributed by atoms with Crippen LogP contribution in [0.25, 0.3) is 0 Å². The third-order valence-electron chi connectivity index (χ3n) is 3.29. The van der Waals surface area contributed by atoms with Crippen molar-refractivity contribution in [2.75, 3.05) is 0 Å². The van der Waals surface area contributed by atoms with Gasteiger partial charge in [-0.05, 0) is 54.8 Å². The number of benzene rings is 3. The molecule has 3 rings (SSSR count). The highest BCUT2D eigenvalue weighted by Gasteiger charge is 1.99. The Labute approximate surface area is 146 Å². The van der Waals surface area contributed by atoms with Gasteiger partial charge in [0.25, 0.3) is 0 Å². The minimum atomic E-state index is -0.396. The van der Waals surface area contributed by atoms with E-state index in [-0.39, 0.29) is 11.6 Å². The van der Waals surface area contributed by atoms with Gasteiger partial charge in [-0.1, -0.05) is 30.3 Å². The average molecular weight is 342 g/mol. The average Bonchev–Trinajstić information content (AvgIpc) is 2.52. The molecule has 0 amide bonds. The largest absolute Gasteiger partial charge is 0.508 e. The Balaban J connectivity index is 0.000000212. The Kier molecular flexibility index (Phi) is 6.52. The summed E-state index contributed by atoms with van der Waals surface area (Å²) in [5.74, 6) is -0.107. The molecular weight excluding hydrogens is 322 g/mol. The van der Waals surface area contributed by atoms with Crippen molar-refractivity contribution in [3.63, 3.8) is 0 Å². The summed E-state index contributed by atoms with van der Waals surface area (Å²) in [5, 5.41) is 8.75. The summed E-state index contributed by atoms with van der Waals surface area (Å²) in [7, 11) is 0. The number of phenolic OH excluding ortho intramolecular Hbond substituents is 1. The minimum Gasteiger partial charge on any atom is -0.508 e. The molecule has 4 heteroatoms. The van der Waals surface area contributed by atoms with Crippen molar-refractivity contribution in [2.45, 2.75) is 20.5 Å². The number of halogens is 2. The molecule has 0 aromatic heterocycles. The van der Waals surface area contributed by atoms with Gasteiger partial charge in [0.15, 0.2) is 0 Å². The zero-order valence-corrected chi connectivity index (χ0v) is 14.2. The lowest BCUT2D eigenvalue weighted by molar-refractivity contribution is 0.304. The number of aryl methyl sites for hydroxylation is 2. The zero-order chi connectivity index (χ0) is 18.2. The lowest BCUT2D eigenvalue weighted by Crippen LogP contribution is -1.95. The van der Waals surface area contributed by atoms with Gasteiger partial charge in [0.05, 0.1) is 0 Å². The first-order valence-electron chi connectivity index (χ1n) is 7.82. The van der Waals surface area contributed by atoms with Crippen LogP contribution in [0.4, 0.5) is 8.78 Å². The van der Waals surface area contributed by atoms with Crippen molar-refractivity contribution in [2.24, 2.45) is 0 Å². The number of phenols is 1. The number of ether oxygens (including phenoxy) is 1. The van der Waals surface area contributed by atoms with Gasteiger partial charge in [0.2, 0.25) is 0 Å². The number of rotatable bonds is 3. The molecule has 0 saturated carbocycles. The van der Waals surface area contributed by atoms with Crippen molar-refractivity contribution in [3.05, 3.63) is 95.1 Å². The Morgan fingerprint density at radius 3 is 1.96 bits per heavy atom. The Morgan fingerprint density at radius 2 is 1.40 bits per heavy atom. The molecular formula is C21H20F2O2. The van der Waals surface area contributed by atoms with Crippen LogP contribution >= 0.6 is 0 Å². The quantitative estimate of drug-likeness (QED) is 0.676. The second-order valence-electron chi connectivity index (χ2n) is 5.73. The van der Waals surface area contributed by atoms with Crippen molar-refractivity contribution < 1.29 is 18.6 Å². The van der Waals surface area contributed by atoms with Crippen LogP contribution in [0.15, 0.2) is 66.7 Å². The highest BCUT2D eigenvalue weighted by Crippen LogP contribution is 2.17. The molecule has 0 unspecified atom stereocenters. The SMILES string of the molecule is Cc1cc(F)cc(OCc2ccccc2)c1.Cc1cc(O)cc(F)c1. The van der Waals surface area contributed by atoms with E-state index in [9.17, 15) is 8.78 Å². The fraction of sp³-hybridized carbons (Fsp3) is 0.143. The molecule has 2 nitrogen and oxygen atoms in total. The molecule has 0 saturated heterocycles. The Bertz CT molecular complexity index is 747. The van der Waals surface area contributed by atoms with Gasteiger partial charge < -0.3 is 9.84 Å². The molecule has 0 heterocycles. The highest BCUT2D eigenvalue weighted by molar-refractivity contribution is 5.29. The van der Waals surface area contributed by atoms with E-state index in [0.717, 1.165) is 22.8 Å². The molecule has 3 aromatic rings. The summed E-state index contributed by atoms with van der Waals surface area (Å²) in [5.41, 5.74) is 2.67. The van der Waals surface area contributed by atoms with Gasteiger partial charge in [-0.15, -0.1) is 0 Å². The molecule has 0 bridgehead atoms. The second kappa shape index (κ2) is 8.83. The van der Waals surface area contributed by atoms with Gasteiger partial charge in [-0.2, -0.15) is 0 Å². The molecule has 0 aliphatic heterocycles. The summed E-state index contributed by atoms with van der Waals surface area (Å²) in [4.78, 5) is 0. The predicted molar refractivity (Wildman–Crippen MR) is 94.7 cm³/mol. The van der Waals surface area contributed by atoms with Gasteiger partial charge in [0, 0.05) is 12.1 Å².